The highest BCUT2D eigenvalue weighted by molar-refractivity contribution is 5.78. The van der Waals surface area contributed by atoms with E-state index in [1.807, 2.05) is 30.3 Å². The number of hydrogen-bond donors (Lipinski definition) is 2. The summed E-state index contributed by atoms with van der Waals surface area (Å²) in [7, 11) is 0. The van der Waals surface area contributed by atoms with Crippen LogP contribution < -0.4 is 14.8 Å². The van der Waals surface area contributed by atoms with Crippen LogP contribution in [0.1, 0.15) is 18.4 Å². The lowest BCUT2D eigenvalue weighted by atomic mass is 9.80. The number of hydrogen-bond acceptors (Lipinski definition) is 4. The molecule has 0 bridgehead atoms. The van der Waals surface area contributed by atoms with Crippen molar-refractivity contribution in [3.63, 3.8) is 0 Å². The van der Waals surface area contributed by atoms with Gasteiger partial charge in [-0.05, 0) is 42.7 Å². The van der Waals surface area contributed by atoms with Gasteiger partial charge in [0.15, 0.2) is 6.61 Å². The fraction of sp³-hybridized carbons (Fsp3) is 0.300. The summed E-state index contributed by atoms with van der Waals surface area (Å²) in [5.41, 5.74) is 1.09. The normalized spacial score (nSPS) is 18.5. The molecular weight excluding hydrogens is 334 g/mol. The van der Waals surface area contributed by atoms with E-state index in [2.05, 4.69) is 5.32 Å². The second-order valence-electron chi connectivity index (χ2n) is 6.31. The summed E-state index contributed by atoms with van der Waals surface area (Å²) in [6.45, 7) is 0.390. The van der Waals surface area contributed by atoms with Crippen LogP contribution in [0.3, 0.4) is 0 Å². The van der Waals surface area contributed by atoms with E-state index in [0.717, 1.165) is 11.3 Å². The number of rotatable bonds is 8. The highest BCUT2D eigenvalue weighted by atomic mass is 16.5. The van der Waals surface area contributed by atoms with Crippen LogP contribution in [0, 0.1) is 5.92 Å². The van der Waals surface area contributed by atoms with Crippen molar-refractivity contribution in [2.75, 3.05) is 6.61 Å². The Labute approximate surface area is 151 Å². The summed E-state index contributed by atoms with van der Waals surface area (Å²) in [5, 5.41) is 11.6. The SMILES string of the molecule is O=C(COc1ccc(OCc2ccccc2)cc1)NC1CC(C(=O)O)C1. The first-order valence-corrected chi connectivity index (χ1v) is 8.52. The lowest BCUT2D eigenvalue weighted by Crippen LogP contribution is -2.48. The molecule has 1 aliphatic carbocycles. The van der Waals surface area contributed by atoms with Gasteiger partial charge in [0, 0.05) is 6.04 Å². The summed E-state index contributed by atoms with van der Waals surface area (Å²) >= 11 is 0. The molecule has 0 heterocycles. The van der Waals surface area contributed by atoms with Crippen LogP contribution in [0.5, 0.6) is 11.5 Å². The summed E-state index contributed by atoms with van der Waals surface area (Å²) in [4.78, 5) is 22.5. The van der Waals surface area contributed by atoms with Gasteiger partial charge >= 0.3 is 5.97 Å². The monoisotopic (exact) mass is 355 g/mol. The van der Waals surface area contributed by atoms with Crippen molar-refractivity contribution in [3.05, 3.63) is 60.2 Å². The number of carboxylic acid groups (broad SMARTS) is 1. The molecular formula is C20H21NO5. The average molecular weight is 355 g/mol. The zero-order chi connectivity index (χ0) is 18.4. The first kappa shape index (κ1) is 17.8. The topological polar surface area (TPSA) is 84.9 Å². The van der Waals surface area contributed by atoms with E-state index in [-0.39, 0.29) is 24.5 Å². The quantitative estimate of drug-likeness (QED) is 0.760. The number of nitrogens with one attached hydrogen (secondary N) is 1. The lowest BCUT2D eigenvalue weighted by molar-refractivity contribution is -0.146. The van der Waals surface area contributed by atoms with Gasteiger partial charge in [0.2, 0.25) is 0 Å². The number of benzene rings is 2. The van der Waals surface area contributed by atoms with Crippen LogP contribution in [0.4, 0.5) is 0 Å². The summed E-state index contributed by atoms with van der Waals surface area (Å²) in [6.07, 6.45) is 0.961. The zero-order valence-corrected chi connectivity index (χ0v) is 14.3. The fourth-order valence-electron chi connectivity index (χ4n) is 2.73. The van der Waals surface area contributed by atoms with E-state index in [9.17, 15) is 9.59 Å². The molecule has 6 heteroatoms. The summed E-state index contributed by atoms with van der Waals surface area (Å²) in [6, 6.07) is 16.9. The van der Waals surface area contributed by atoms with Gasteiger partial charge in [0.05, 0.1) is 5.92 Å². The predicted molar refractivity (Wildman–Crippen MR) is 95.0 cm³/mol. The zero-order valence-electron chi connectivity index (χ0n) is 14.3. The molecule has 2 aromatic carbocycles. The molecule has 3 rings (SSSR count). The van der Waals surface area contributed by atoms with E-state index < -0.39 is 5.97 Å². The molecule has 0 aromatic heterocycles. The van der Waals surface area contributed by atoms with Crippen LogP contribution in [0.15, 0.2) is 54.6 Å². The Morgan fingerprint density at radius 1 is 0.962 bits per heavy atom. The number of carbonyl (C=O) groups excluding carboxylic acids is 1. The predicted octanol–water partition coefficient (Wildman–Crippen LogP) is 2.62. The van der Waals surface area contributed by atoms with Crippen molar-refractivity contribution < 1.29 is 24.2 Å². The Bertz CT molecular complexity index is 739. The van der Waals surface area contributed by atoms with E-state index in [4.69, 9.17) is 14.6 Å². The highest BCUT2D eigenvalue weighted by Crippen LogP contribution is 2.27. The lowest BCUT2D eigenvalue weighted by Gasteiger charge is -2.32. The third-order valence-electron chi connectivity index (χ3n) is 4.29. The number of carboxylic acids is 1. The molecule has 0 atom stereocenters. The van der Waals surface area contributed by atoms with Crippen molar-refractivity contribution in [2.45, 2.75) is 25.5 Å². The Hall–Kier alpha value is -3.02. The van der Waals surface area contributed by atoms with E-state index >= 15 is 0 Å². The smallest absolute Gasteiger partial charge is 0.306 e. The molecule has 0 spiro atoms. The van der Waals surface area contributed by atoms with Crippen molar-refractivity contribution in [1.82, 2.24) is 5.32 Å². The standard InChI is InChI=1S/C20H21NO5/c22-19(21-16-10-15(11-16)20(23)24)13-26-18-8-6-17(7-9-18)25-12-14-4-2-1-3-5-14/h1-9,15-16H,10-13H2,(H,21,22)(H,23,24). The maximum atomic E-state index is 11.8. The van der Waals surface area contributed by atoms with E-state index in [1.165, 1.54) is 0 Å². The Morgan fingerprint density at radius 2 is 1.58 bits per heavy atom. The fourth-order valence-corrected chi connectivity index (χ4v) is 2.73. The maximum Gasteiger partial charge on any atom is 0.306 e. The first-order chi connectivity index (χ1) is 12.6. The molecule has 6 nitrogen and oxygen atoms in total. The molecule has 1 saturated carbocycles. The molecule has 1 fully saturated rings. The Balaban J connectivity index is 1.37. The molecule has 0 radical (unpaired) electrons. The number of aliphatic carboxylic acids is 1. The third kappa shape index (κ3) is 4.99. The van der Waals surface area contributed by atoms with Crippen molar-refractivity contribution >= 4 is 11.9 Å². The van der Waals surface area contributed by atoms with Crippen molar-refractivity contribution in [1.29, 1.82) is 0 Å². The van der Waals surface area contributed by atoms with Crippen LogP contribution in [0.25, 0.3) is 0 Å². The molecule has 1 aliphatic rings. The Kier molecular flexibility index (Phi) is 5.73. The molecule has 0 unspecified atom stereocenters. The number of amides is 1. The molecule has 1 amide bonds. The van der Waals surface area contributed by atoms with Gasteiger partial charge in [-0.25, -0.2) is 0 Å². The molecule has 0 aliphatic heterocycles. The summed E-state index contributed by atoms with van der Waals surface area (Å²) in [5.74, 6) is -0.0988. The van der Waals surface area contributed by atoms with Gasteiger partial charge in [-0.3, -0.25) is 9.59 Å². The number of carbonyl (C=O) groups is 2. The average Bonchev–Trinajstić information content (AvgIpc) is 2.62. The molecule has 2 N–H and O–H groups in total. The third-order valence-corrected chi connectivity index (χ3v) is 4.29. The summed E-state index contributed by atoms with van der Waals surface area (Å²) < 4.78 is 11.1. The molecule has 2 aromatic rings. The van der Waals surface area contributed by atoms with Gasteiger partial charge in [-0.2, -0.15) is 0 Å². The molecule has 136 valence electrons. The molecule has 26 heavy (non-hydrogen) atoms. The van der Waals surface area contributed by atoms with E-state index in [0.29, 0.717) is 25.2 Å². The van der Waals surface area contributed by atoms with Gasteiger partial charge in [-0.15, -0.1) is 0 Å². The van der Waals surface area contributed by atoms with E-state index in [1.54, 1.807) is 24.3 Å². The van der Waals surface area contributed by atoms with Crippen LogP contribution in [-0.4, -0.2) is 29.6 Å². The van der Waals surface area contributed by atoms with Gasteiger partial charge in [0.1, 0.15) is 18.1 Å². The van der Waals surface area contributed by atoms with Crippen molar-refractivity contribution in [3.8, 4) is 11.5 Å². The van der Waals surface area contributed by atoms with Crippen LogP contribution in [-0.2, 0) is 16.2 Å². The van der Waals surface area contributed by atoms with Crippen LogP contribution >= 0.6 is 0 Å². The van der Waals surface area contributed by atoms with Gasteiger partial charge in [-0.1, -0.05) is 30.3 Å². The minimum atomic E-state index is -0.804. The van der Waals surface area contributed by atoms with Gasteiger partial charge < -0.3 is 19.9 Å². The van der Waals surface area contributed by atoms with Crippen LogP contribution in [0.2, 0.25) is 0 Å². The minimum absolute atomic E-state index is 0.0686. The Morgan fingerprint density at radius 3 is 2.19 bits per heavy atom. The first-order valence-electron chi connectivity index (χ1n) is 8.52. The minimum Gasteiger partial charge on any atom is -0.489 e. The van der Waals surface area contributed by atoms with Crippen molar-refractivity contribution in [2.24, 2.45) is 5.92 Å². The second kappa shape index (κ2) is 8.38. The van der Waals surface area contributed by atoms with Gasteiger partial charge in [0.25, 0.3) is 5.91 Å². The number of ether oxygens (including phenoxy) is 2. The molecule has 0 saturated heterocycles. The largest absolute Gasteiger partial charge is 0.489 e. The maximum absolute atomic E-state index is 11.8. The second-order valence-corrected chi connectivity index (χ2v) is 6.31. The highest BCUT2D eigenvalue weighted by Gasteiger charge is 2.35.